The summed E-state index contributed by atoms with van der Waals surface area (Å²) in [7, 11) is 0. The second-order valence-electron chi connectivity index (χ2n) is 4.37. The third kappa shape index (κ3) is 3.08. The van der Waals surface area contributed by atoms with E-state index in [4.69, 9.17) is 5.11 Å². The number of amides is 2. The molecule has 0 saturated carbocycles. The van der Waals surface area contributed by atoms with E-state index in [2.05, 4.69) is 5.32 Å². The summed E-state index contributed by atoms with van der Waals surface area (Å²) >= 11 is 1.47. The lowest BCUT2D eigenvalue weighted by Crippen LogP contribution is -2.51. The van der Waals surface area contributed by atoms with Gasteiger partial charge in [-0.05, 0) is 11.4 Å². The maximum Gasteiger partial charge on any atom is 0.252 e. The van der Waals surface area contributed by atoms with E-state index in [1.54, 1.807) is 16.3 Å². The molecule has 2 N–H and O–H groups in total. The number of aliphatic hydroxyl groups is 1. The van der Waals surface area contributed by atoms with Gasteiger partial charge in [0.15, 0.2) is 0 Å². The minimum atomic E-state index is -0.138. The molecule has 0 spiro atoms. The molecule has 0 bridgehead atoms. The predicted molar refractivity (Wildman–Crippen MR) is 68.4 cm³/mol. The lowest BCUT2D eigenvalue weighted by Gasteiger charge is -2.38. The van der Waals surface area contributed by atoms with Gasteiger partial charge in [0.05, 0.1) is 0 Å². The molecule has 6 heteroatoms. The smallest absolute Gasteiger partial charge is 0.252 e. The minimum Gasteiger partial charge on any atom is -0.396 e. The number of carbonyl (C=O) groups excluding carboxylic acids is 2. The van der Waals surface area contributed by atoms with Crippen molar-refractivity contribution in [3.05, 3.63) is 22.4 Å². The van der Waals surface area contributed by atoms with E-state index in [-0.39, 0.29) is 24.3 Å². The third-order valence-corrected chi connectivity index (χ3v) is 3.66. The van der Waals surface area contributed by atoms with Crippen LogP contribution in [0.3, 0.4) is 0 Å². The van der Waals surface area contributed by atoms with Crippen molar-refractivity contribution in [2.45, 2.75) is 6.42 Å². The first-order valence-electron chi connectivity index (χ1n) is 5.89. The molecule has 1 aliphatic rings. The first-order valence-corrected chi connectivity index (χ1v) is 6.84. The number of aliphatic hydroxyl groups excluding tert-OH is 1. The maximum absolute atomic E-state index is 11.6. The summed E-state index contributed by atoms with van der Waals surface area (Å²) in [6.45, 7) is 1.76. The molecule has 2 heterocycles. The van der Waals surface area contributed by atoms with Gasteiger partial charge in [0.1, 0.15) is 0 Å². The van der Waals surface area contributed by atoms with Crippen LogP contribution in [-0.4, -0.2) is 48.1 Å². The van der Waals surface area contributed by atoms with Gasteiger partial charge in [-0.15, -0.1) is 0 Å². The molecule has 98 valence electrons. The Hall–Kier alpha value is -1.40. The summed E-state index contributed by atoms with van der Waals surface area (Å²) in [5.74, 6) is 0.126. The number of hydrogen-bond acceptors (Lipinski definition) is 4. The SMILES string of the molecule is O=C(NCCC(=O)N1CC(CO)C1)c1ccsc1. The van der Waals surface area contributed by atoms with E-state index in [0.717, 1.165) is 0 Å². The number of rotatable bonds is 5. The number of nitrogens with one attached hydrogen (secondary N) is 1. The fraction of sp³-hybridized carbons (Fsp3) is 0.500. The standard InChI is InChI=1S/C12H16N2O3S/c15-7-9-5-14(6-9)11(16)1-3-13-12(17)10-2-4-18-8-10/h2,4,8-9,15H,1,3,5-7H2,(H,13,17). The molecule has 2 amide bonds. The highest BCUT2D eigenvalue weighted by Crippen LogP contribution is 2.15. The molecule has 1 saturated heterocycles. The molecule has 0 atom stereocenters. The monoisotopic (exact) mass is 268 g/mol. The molecule has 1 aromatic heterocycles. The average molecular weight is 268 g/mol. The van der Waals surface area contributed by atoms with E-state index < -0.39 is 0 Å². The molecule has 0 unspecified atom stereocenters. The molecule has 1 aliphatic heterocycles. The normalized spacial score (nSPS) is 15.3. The zero-order valence-electron chi connectivity index (χ0n) is 9.96. The summed E-state index contributed by atoms with van der Waals surface area (Å²) in [6, 6.07) is 1.75. The Bertz CT molecular complexity index is 413. The molecular formula is C12H16N2O3S. The second kappa shape index (κ2) is 5.97. The highest BCUT2D eigenvalue weighted by Gasteiger charge is 2.29. The number of thiophene rings is 1. The molecule has 2 rings (SSSR count). The van der Waals surface area contributed by atoms with Gasteiger partial charge in [0.25, 0.3) is 5.91 Å². The van der Waals surface area contributed by atoms with E-state index >= 15 is 0 Å². The molecule has 5 nitrogen and oxygen atoms in total. The van der Waals surface area contributed by atoms with Crippen molar-refractivity contribution in [1.29, 1.82) is 0 Å². The van der Waals surface area contributed by atoms with E-state index in [0.29, 0.717) is 31.6 Å². The summed E-state index contributed by atoms with van der Waals surface area (Å²) in [5, 5.41) is 15.2. The Morgan fingerprint density at radius 2 is 2.28 bits per heavy atom. The van der Waals surface area contributed by atoms with E-state index in [1.165, 1.54) is 11.3 Å². The first kappa shape index (κ1) is 13.0. The van der Waals surface area contributed by atoms with Gasteiger partial charge < -0.3 is 15.3 Å². The average Bonchev–Trinajstić information content (AvgIpc) is 2.80. The Labute approximate surface area is 109 Å². The maximum atomic E-state index is 11.6. The van der Waals surface area contributed by atoms with Crippen molar-refractivity contribution in [2.24, 2.45) is 5.92 Å². The van der Waals surface area contributed by atoms with Crippen molar-refractivity contribution in [1.82, 2.24) is 10.2 Å². The van der Waals surface area contributed by atoms with Gasteiger partial charge >= 0.3 is 0 Å². The van der Waals surface area contributed by atoms with Crippen LogP contribution in [0.4, 0.5) is 0 Å². The highest BCUT2D eigenvalue weighted by atomic mass is 32.1. The van der Waals surface area contributed by atoms with Gasteiger partial charge in [0, 0.05) is 49.5 Å². The molecule has 1 aromatic rings. The van der Waals surface area contributed by atoms with Gasteiger partial charge in [0.2, 0.25) is 5.91 Å². The van der Waals surface area contributed by atoms with Crippen molar-refractivity contribution in [2.75, 3.05) is 26.2 Å². The Kier molecular flexibility index (Phi) is 4.33. The van der Waals surface area contributed by atoms with Crippen molar-refractivity contribution >= 4 is 23.2 Å². The van der Waals surface area contributed by atoms with Gasteiger partial charge in [-0.3, -0.25) is 9.59 Å². The van der Waals surface area contributed by atoms with Crippen LogP contribution in [0.15, 0.2) is 16.8 Å². The lowest BCUT2D eigenvalue weighted by atomic mass is 10.0. The minimum absolute atomic E-state index is 0.0327. The molecular weight excluding hydrogens is 252 g/mol. The quantitative estimate of drug-likeness (QED) is 0.808. The predicted octanol–water partition coefficient (Wildman–Crippen LogP) is 0.319. The topological polar surface area (TPSA) is 69.6 Å². The Morgan fingerprint density at radius 1 is 1.50 bits per heavy atom. The van der Waals surface area contributed by atoms with Crippen LogP contribution in [0.5, 0.6) is 0 Å². The van der Waals surface area contributed by atoms with Crippen LogP contribution in [0.2, 0.25) is 0 Å². The Balaban J connectivity index is 1.64. The molecule has 0 aromatic carbocycles. The summed E-state index contributed by atoms with van der Waals surface area (Å²) < 4.78 is 0. The van der Waals surface area contributed by atoms with Crippen molar-refractivity contribution in [3.63, 3.8) is 0 Å². The van der Waals surface area contributed by atoms with Crippen molar-refractivity contribution < 1.29 is 14.7 Å². The lowest BCUT2D eigenvalue weighted by molar-refractivity contribution is -0.138. The first-order chi connectivity index (χ1) is 8.70. The summed E-state index contributed by atoms with van der Waals surface area (Å²) in [6.07, 6.45) is 0.314. The third-order valence-electron chi connectivity index (χ3n) is 2.98. The van der Waals surface area contributed by atoms with E-state index in [9.17, 15) is 9.59 Å². The zero-order chi connectivity index (χ0) is 13.0. The second-order valence-corrected chi connectivity index (χ2v) is 5.15. The molecule has 0 aliphatic carbocycles. The van der Waals surface area contributed by atoms with Crippen LogP contribution >= 0.6 is 11.3 Å². The zero-order valence-corrected chi connectivity index (χ0v) is 10.8. The van der Waals surface area contributed by atoms with Gasteiger partial charge in [-0.25, -0.2) is 0 Å². The fourth-order valence-electron chi connectivity index (χ4n) is 1.83. The van der Waals surface area contributed by atoms with Crippen LogP contribution in [-0.2, 0) is 4.79 Å². The van der Waals surface area contributed by atoms with Crippen LogP contribution in [0.25, 0.3) is 0 Å². The fourth-order valence-corrected chi connectivity index (χ4v) is 2.46. The van der Waals surface area contributed by atoms with Crippen LogP contribution in [0, 0.1) is 5.92 Å². The molecule has 18 heavy (non-hydrogen) atoms. The van der Waals surface area contributed by atoms with Gasteiger partial charge in [-0.2, -0.15) is 11.3 Å². The van der Waals surface area contributed by atoms with Gasteiger partial charge in [-0.1, -0.05) is 0 Å². The largest absolute Gasteiger partial charge is 0.396 e. The molecule has 0 radical (unpaired) electrons. The summed E-state index contributed by atoms with van der Waals surface area (Å²) in [5.41, 5.74) is 0.636. The van der Waals surface area contributed by atoms with Crippen molar-refractivity contribution in [3.8, 4) is 0 Å². The van der Waals surface area contributed by atoms with E-state index in [1.807, 2.05) is 5.38 Å². The van der Waals surface area contributed by atoms with Crippen LogP contribution < -0.4 is 5.32 Å². The molecule has 1 fully saturated rings. The van der Waals surface area contributed by atoms with Crippen LogP contribution in [0.1, 0.15) is 16.8 Å². The number of nitrogens with zero attached hydrogens (tertiary/aromatic N) is 1. The number of likely N-dealkylation sites (tertiary alicyclic amines) is 1. The highest BCUT2D eigenvalue weighted by molar-refractivity contribution is 7.08. The number of hydrogen-bond donors (Lipinski definition) is 2. The number of carbonyl (C=O) groups is 2. The Morgan fingerprint density at radius 3 is 2.89 bits per heavy atom. The summed E-state index contributed by atoms with van der Waals surface area (Å²) in [4.78, 5) is 24.9.